The summed E-state index contributed by atoms with van der Waals surface area (Å²) in [5.41, 5.74) is -0.0438. The molecule has 22 heavy (non-hydrogen) atoms. The number of halogens is 3. The van der Waals surface area contributed by atoms with Crippen LogP contribution in [0.1, 0.15) is 18.1 Å². The summed E-state index contributed by atoms with van der Waals surface area (Å²) in [4.78, 5) is 11.4. The maximum atomic E-state index is 12.6. The third kappa shape index (κ3) is 4.58. The molecule has 0 aliphatic rings. The molecule has 0 atom stereocenters. The van der Waals surface area contributed by atoms with E-state index in [1.807, 2.05) is 30.3 Å². The second-order valence-electron chi connectivity index (χ2n) is 4.61. The van der Waals surface area contributed by atoms with E-state index in [-0.39, 0.29) is 20.7 Å². The molecule has 0 unspecified atom stereocenters. The molecule has 2 aromatic rings. The van der Waals surface area contributed by atoms with Crippen molar-refractivity contribution in [1.29, 1.82) is 0 Å². The Morgan fingerprint density at radius 1 is 1.00 bits per heavy atom. The van der Waals surface area contributed by atoms with E-state index in [0.717, 1.165) is 21.1 Å². The first kappa shape index (κ1) is 16.5. The topological polar surface area (TPSA) is 17.1 Å². The van der Waals surface area contributed by atoms with E-state index >= 15 is 0 Å². The number of benzene rings is 2. The van der Waals surface area contributed by atoms with Crippen molar-refractivity contribution in [1.82, 2.24) is 0 Å². The first-order valence-electron chi connectivity index (χ1n) is 6.49. The fourth-order valence-corrected chi connectivity index (χ4v) is 3.95. The second-order valence-corrected chi connectivity index (χ2v) is 6.95. The van der Waals surface area contributed by atoms with Crippen molar-refractivity contribution < 1.29 is 18.0 Å². The molecule has 1 nitrogen and oxygen atoms in total. The van der Waals surface area contributed by atoms with E-state index in [9.17, 15) is 18.0 Å². The molecule has 0 aliphatic heterocycles. The first-order chi connectivity index (χ1) is 10.4. The van der Waals surface area contributed by atoms with Crippen LogP contribution in [-0.4, -0.2) is 20.7 Å². The predicted molar refractivity (Wildman–Crippen MR) is 81.9 cm³/mol. The van der Waals surface area contributed by atoms with Gasteiger partial charge in [0.2, 0.25) is 0 Å². The predicted octanol–water partition coefficient (Wildman–Crippen LogP) is 3.67. The zero-order chi connectivity index (χ0) is 16.2. The number of rotatable bonds is 4. The maximum absolute atomic E-state index is 12.6. The molecule has 5 heteroatoms. The van der Waals surface area contributed by atoms with Crippen molar-refractivity contribution in [2.45, 2.75) is 13.1 Å². The molecule has 2 rings (SSSR count). The molecule has 0 radical (unpaired) electrons. The molecule has 0 fully saturated rings. The van der Waals surface area contributed by atoms with Crippen LogP contribution in [0.25, 0.3) is 4.47 Å². The van der Waals surface area contributed by atoms with Gasteiger partial charge in [-0.1, -0.05) is 0 Å². The molecule has 0 aromatic heterocycles. The first-order valence-corrected chi connectivity index (χ1v) is 8.20. The van der Waals surface area contributed by atoms with Crippen molar-refractivity contribution in [2.75, 3.05) is 0 Å². The number of allylic oxidation sites excluding steroid dienone is 1. The third-order valence-corrected chi connectivity index (χ3v) is 5.07. The van der Waals surface area contributed by atoms with Crippen LogP contribution < -0.4 is 4.46 Å². The fraction of sp³-hybridized carbons (Fsp3) is 0.118. The van der Waals surface area contributed by atoms with Gasteiger partial charge in [0.15, 0.2) is 0 Å². The monoisotopic (exact) mass is 370 g/mol. The van der Waals surface area contributed by atoms with Crippen LogP contribution >= 0.6 is 0 Å². The SMILES string of the molecule is CC(=O)/C=C(\[Se]c1ccccc1)c1ccc(C(F)(F)F)cc1. The normalized spacial score (nSPS) is 12.3. The number of carbonyl (C=O) groups excluding carboxylic acids is 1. The molecule has 0 saturated carbocycles. The van der Waals surface area contributed by atoms with Crippen LogP contribution in [0.15, 0.2) is 60.7 Å². The Bertz CT molecular complexity index is 673. The van der Waals surface area contributed by atoms with Crippen LogP contribution in [0, 0.1) is 0 Å². The summed E-state index contributed by atoms with van der Waals surface area (Å²) in [6.07, 6.45) is -2.86. The summed E-state index contributed by atoms with van der Waals surface area (Å²) >= 11 is -0.146. The second kappa shape index (κ2) is 6.95. The summed E-state index contributed by atoms with van der Waals surface area (Å²) < 4.78 is 39.7. The molecule has 0 aliphatic carbocycles. The Balaban J connectivity index is 2.32. The zero-order valence-electron chi connectivity index (χ0n) is 11.7. The molecule has 0 N–H and O–H groups in total. The number of hydrogen-bond donors (Lipinski definition) is 0. The Kier molecular flexibility index (Phi) is 5.22. The van der Waals surface area contributed by atoms with Crippen LogP contribution in [0.4, 0.5) is 13.2 Å². The number of carbonyl (C=O) groups is 1. The minimum atomic E-state index is -4.35. The summed E-state index contributed by atoms with van der Waals surface area (Å²) in [5, 5.41) is 0. The van der Waals surface area contributed by atoms with Crippen molar-refractivity contribution in [3.63, 3.8) is 0 Å². The van der Waals surface area contributed by atoms with Crippen LogP contribution in [0.2, 0.25) is 0 Å². The van der Waals surface area contributed by atoms with Crippen LogP contribution in [-0.2, 0) is 11.0 Å². The van der Waals surface area contributed by atoms with Gasteiger partial charge in [0.1, 0.15) is 0 Å². The molecule has 0 bridgehead atoms. The zero-order valence-corrected chi connectivity index (χ0v) is 13.4. The molecule has 0 spiro atoms. The standard InChI is InChI=1S/C17H13F3OSe/c1-12(21)11-16(22-15-5-3-2-4-6-15)13-7-9-14(10-8-13)17(18,19)20/h2-11H,1H3/b16-11-. The van der Waals surface area contributed by atoms with E-state index in [2.05, 4.69) is 0 Å². The van der Waals surface area contributed by atoms with Gasteiger partial charge in [0.05, 0.1) is 0 Å². The van der Waals surface area contributed by atoms with Gasteiger partial charge >= 0.3 is 133 Å². The van der Waals surface area contributed by atoms with Gasteiger partial charge in [-0.05, 0) is 0 Å². The van der Waals surface area contributed by atoms with Crippen molar-refractivity contribution in [3.05, 3.63) is 71.8 Å². The van der Waals surface area contributed by atoms with Gasteiger partial charge in [-0.3, -0.25) is 0 Å². The van der Waals surface area contributed by atoms with Crippen molar-refractivity contribution >= 4 is 29.7 Å². The molecule has 0 heterocycles. The van der Waals surface area contributed by atoms with Gasteiger partial charge in [-0.15, -0.1) is 0 Å². The number of hydrogen-bond acceptors (Lipinski definition) is 1. The Morgan fingerprint density at radius 2 is 1.59 bits per heavy atom. The van der Waals surface area contributed by atoms with Gasteiger partial charge in [-0.25, -0.2) is 0 Å². The van der Waals surface area contributed by atoms with E-state index < -0.39 is 11.7 Å². The van der Waals surface area contributed by atoms with Crippen LogP contribution in [0.5, 0.6) is 0 Å². The van der Waals surface area contributed by atoms with E-state index in [0.29, 0.717) is 5.56 Å². The van der Waals surface area contributed by atoms with Gasteiger partial charge in [0, 0.05) is 0 Å². The molecular weight excluding hydrogens is 356 g/mol. The summed E-state index contributed by atoms with van der Waals surface area (Å²) in [5.74, 6) is -0.118. The number of ketones is 1. The average molecular weight is 369 g/mol. The molecule has 114 valence electrons. The molecule has 2 aromatic carbocycles. The van der Waals surface area contributed by atoms with E-state index in [1.54, 1.807) is 0 Å². The number of alkyl halides is 3. The Hall–Kier alpha value is -1.84. The van der Waals surface area contributed by atoms with Gasteiger partial charge < -0.3 is 0 Å². The van der Waals surface area contributed by atoms with Crippen molar-refractivity contribution in [3.8, 4) is 0 Å². The summed E-state index contributed by atoms with van der Waals surface area (Å²) in [6.45, 7) is 1.44. The Labute approximate surface area is 133 Å². The Morgan fingerprint density at radius 3 is 2.09 bits per heavy atom. The molecule has 0 amide bonds. The minimum absolute atomic E-state index is 0.118. The summed E-state index contributed by atoms with van der Waals surface area (Å²) in [6, 6.07) is 14.5. The van der Waals surface area contributed by atoms with Gasteiger partial charge in [0.25, 0.3) is 0 Å². The average Bonchev–Trinajstić information content (AvgIpc) is 2.46. The van der Waals surface area contributed by atoms with Crippen molar-refractivity contribution in [2.24, 2.45) is 0 Å². The summed E-state index contributed by atoms with van der Waals surface area (Å²) in [7, 11) is 0. The fourth-order valence-electron chi connectivity index (χ4n) is 1.80. The van der Waals surface area contributed by atoms with E-state index in [4.69, 9.17) is 0 Å². The third-order valence-electron chi connectivity index (χ3n) is 2.80. The quantitative estimate of drug-likeness (QED) is 0.594. The van der Waals surface area contributed by atoms with Crippen LogP contribution in [0.3, 0.4) is 0 Å². The molecule has 0 saturated heterocycles. The van der Waals surface area contributed by atoms with Gasteiger partial charge in [-0.2, -0.15) is 0 Å². The molecular formula is C17H13F3OSe. The van der Waals surface area contributed by atoms with E-state index in [1.165, 1.54) is 25.1 Å².